The maximum Gasteiger partial charge on any atom is 0.416 e. The van der Waals surface area contributed by atoms with E-state index in [0.717, 1.165) is 17.8 Å². The number of hydrogen-bond acceptors (Lipinski definition) is 4. The second kappa shape index (κ2) is 6.87. The zero-order valence-electron chi connectivity index (χ0n) is 13.7. The first-order chi connectivity index (χ1) is 12.3. The molecule has 2 N–H and O–H groups in total. The first-order valence-electron chi connectivity index (χ1n) is 7.72. The van der Waals surface area contributed by atoms with E-state index in [1.807, 2.05) is 16.9 Å². The van der Waals surface area contributed by atoms with Crippen molar-refractivity contribution in [1.29, 1.82) is 0 Å². The van der Waals surface area contributed by atoms with E-state index in [9.17, 15) is 23.4 Å². The predicted molar refractivity (Wildman–Crippen MR) is 93.4 cm³/mol. The molecule has 8 heteroatoms. The molecule has 2 aromatic carbocycles. The molecule has 136 valence electrons. The second-order valence-corrected chi connectivity index (χ2v) is 6.35. The van der Waals surface area contributed by atoms with Crippen LogP contribution in [0.2, 0.25) is 0 Å². The zero-order valence-corrected chi connectivity index (χ0v) is 14.5. The molecular formula is C18H15F3N2O2S. The molecule has 0 aliphatic heterocycles. The molecule has 3 aromatic rings. The lowest BCUT2D eigenvalue weighted by Crippen LogP contribution is -2.14. The van der Waals surface area contributed by atoms with Gasteiger partial charge in [-0.15, -0.1) is 11.3 Å². The van der Waals surface area contributed by atoms with E-state index in [0.29, 0.717) is 16.9 Å². The van der Waals surface area contributed by atoms with Gasteiger partial charge in [0.25, 0.3) is 0 Å². The SMILES string of the molecule is CCn1c(-c2ccc(O)c(O)c2)csc1=Nc1cccc(C(F)(F)F)c1. The van der Waals surface area contributed by atoms with Gasteiger partial charge in [-0.3, -0.25) is 0 Å². The molecule has 0 aliphatic rings. The summed E-state index contributed by atoms with van der Waals surface area (Å²) < 4.78 is 40.4. The van der Waals surface area contributed by atoms with Crippen LogP contribution in [0.3, 0.4) is 0 Å². The summed E-state index contributed by atoms with van der Waals surface area (Å²) in [6.45, 7) is 2.43. The minimum Gasteiger partial charge on any atom is -0.504 e. The van der Waals surface area contributed by atoms with Crippen LogP contribution in [0.4, 0.5) is 18.9 Å². The third kappa shape index (κ3) is 3.60. The van der Waals surface area contributed by atoms with Crippen LogP contribution >= 0.6 is 11.3 Å². The maximum absolute atomic E-state index is 12.9. The van der Waals surface area contributed by atoms with Crippen molar-refractivity contribution in [1.82, 2.24) is 4.57 Å². The molecule has 1 aromatic heterocycles. The normalized spacial score (nSPS) is 12.5. The van der Waals surface area contributed by atoms with E-state index < -0.39 is 11.7 Å². The van der Waals surface area contributed by atoms with Gasteiger partial charge < -0.3 is 14.8 Å². The second-order valence-electron chi connectivity index (χ2n) is 5.51. The van der Waals surface area contributed by atoms with Crippen molar-refractivity contribution < 1.29 is 23.4 Å². The number of aromatic nitrogens is 1. The number of hydrogen-bond donors (Lipinski definition) is 2. The molecule has 0 spiro atoms. The lowest BCUT2D eigenvalue weighted by Gasteiger charge is -2.08. The van der Waals surface area contributed by atoms with Crippen molar-refractivity contribution in [3.8, 4) is 22.8 Å². The lowest BCUT2D eigenvalue weighted by molar-refractivity contribution is -0.137. The largest absolute Gasteiger partial charge is 0.504 e. The van der Waals surface area contributed by atoms with Gasteiger partial charge in [0.15, 0.2) is 16.3 Å². The van der Waals surface area contributed by atoms with Crippen LogP contribution in [0.25, 0.3) is 11.3 Å². The molecular weight excluding hydrogens is 365 g/mol. The quantitative estimate of drug-likeness (QED) is 0.635. The molecule has 0 unspecified atom stereocenters. The Bertz CT molecular complexity index is 1010. The molecule has 0 fully saturated rings. The fourth-order valence-electron chi connectivity index (χ4n) is 2.50. The number of phenolic OH excluding ortho intramolecular Hbond substituents is 2. The Kier molecular flexibility index (Phi) is 4.78. The van der Waals surface area contributed by atoms with E-state index in [1.54, 1.807) is 6.07 Å². The highest BCUT2D eigenvalue weighted by Crippen LogP contribution is 2.32. The highest BCUT2D eigenvalue weighted by atomic mass is 32.1. The smallest absolute Gasteiger partial charge is 0.416 e. The molecule has 1 heterocycles. The summed E-state index contributed by atoms with van der Waals surface area (Å²) in [7, 11) is 0. The molecule has 0 aliphatic carbocycles. The Morgan fingerprint density at radius 3 is 2.50 bits per heavy atom. The summed E-state index contributed by atoms with van der Waals surface area (Å²) in [5, 5.41) is 20.9. The fourth-order valence-corrected chi connectivity index (χ4v) is 3.49. The van der Waals surface area contributed by atoms with Gasteiger partial charge in [-0.2, -0.15) is 13.2 Å². The van der Waals surface area contributed by atoms with Crippen LogP contribution in [0.15, 0.2) is 52.8 Å². The topological polar surface area (TPSA) is 57.8 Å². The average Bonchev–Trinajstić information content (AvgIpc) is 2.99. The first-order valence-corrected chi connectivity index (χ1v) is 8.60. The Hall–Kier alpha value is -2.74. The summed E-state index contributed by atoms with van der Waals surface area (Å²) in [5.74, 6) is -0.464. The van der Waals surface area contributed by atoms with Crippen molar-refractivity contribution in [2.45, 2.75) is 19.6 Å². The van der Waals surface area contributed by atoms with Crippen LogP contribution in [0.5, 0.6) is 11.5 Å². The van der Waals surface area contributed by atoms with Gasteiger partial charge in [-0.1, -0.05) is 6.07 Å². The number of phenols is 2. The third-order valence-electron chi connectivity index (χ3n) is 3.78. The van der Waals surface area contributed by atoms with Gasteiger partial charge in [-0.25, -0.2) is 4.99 Å². The summed E-state index contributed by atoms with van der Waals surface area (Å²) in [6.07, 6.45) is -4.42. The summed E-state index contributed by atoms with van der Waals surface area (Å²) in [4.78, 5) is 4.88. The van der Waals surface area contributed by atoms with Crippen molar-refractivity contribution in [2.75, 3.05) is 0 Å². The molecule has 0 atom stereocenters. The summed E-state index contributed by atoms with van der Waals surface area (Å²) in [6, 6.07) is 9.31. The van der Waals surface area contributed by atoms with E-state index in [4.69, 9.17) is 0 Å². The summed E-state index contributed by atoms with van der Waals surface area (Å²) in [5.41, 5.74) is 0.883. The Morgan fingerprint density at radius 2 is 1.85 bits per heavy atom. The number of alkyl halides is 3. The number of thiazole rings is 1. The molecule has 0 saturated heterocycles. The maximum atomic E-state index is 12.9. The Morgan fingerprint density at radius 1 is 1.08 bits per heavy atom. The molecule has 0 bridgehead atoms. The molecule has 0 radical (unpaired) electrons. The predicted octanol–water partition coefficient (Wildman–Crippen LogP) is 4.90. The van der Waals surface area contributed by atoms with Gasteiger partial charge in [0, 0.05) is 17.5 Å². The first kappa shape index (κ1) is 18.1. The van der Waals surface area contributed by atoms with Gasteiger partial charge in [-0.05, 0) is 43.3 Å². The van der Waals surface area contributed by atoms with E-state index in [-0.39, 0.29) is 17.2 Å². The Labute approximate surface area is 151 Å². The highest BCUT2D eigenvalue weighted by molar-refractivity contribution is 7.07. The number of aromatic hydroxyl groups is 2. The van der Waals surface area contributed by atoms with E-state index >= 15 is 0 Å². The molecule has 0 saturated carbocycles. The van der Waals surface area contributed by atoms with Crippen molar-refractivity contribution in [3.63, 3.8) is 0 Å². The lowest BCUT2D eigenvalue weighted by atomic mass is 10.1. The van der Waals surface area contributed by atoms with Crippen LogP contribution in [0, 0.1) is 0 Å². The third-order valence-corrected chi connectivity index (χ3v) is 4.65. The highest BCUT2D eigenvalue weighted by Gasteiger charge is 2.30. The number of halogens is 3. The van der Waals surface area contributed by atoms with Gasteiger partial charge in [0.1, 0.15) is 0 Å². The average molecular weight is 380 g/mol. The van der Waals surface area contributed by atoms with Crippen LogP contribution in [0.1, 0.15) is 12.5 Å². The van der Waals surface area contributed by atoms with Crippen molar-refractivity contribution in [3.05, 3.63) is 58.2 Å². The minimum absolute atomic E-state index is 0.212. The van der Waals surface area contributed by atoms with Gasteiger partial charge in [0.2, 0.25) is 0 Å². The van der Waals surface area contributed by atoms with Crippen LogP contribution in [-0.2, 0) is 12.7 Å². The number of nitrogens with zero attached hydrogens (tertiary/aromatic N) is 2. The van der Waals surface area contributed by atoms with Crippen LogP contribution in [-0.4, -0.2) is 14.8 Å². The van der Waals surface area contributed by atoms with Crippen molar-refractivity contribution in [2.24, 2.45) is 4.99 Å². The van der Waals surface area contributed by atoms with E-state index in [2.05, 4.69) is 4.99 Å². The van der Waals surface area contributed by atoms with E-state index in [1.165, 1.54) is 35.6 Å². The molecule has 4 nitrogen and oxygen atoms in total. The standard InChI is InChI=1S/C18H15F3N2O2S/c1-2-23-14(11-6-7-15(24)16(25)8-11)10-26-17(23)22-13-5-3-4-12(9-13)18(19,20)21/h3-10,24-25H,2H2,1H3. The van der Waals surface area contributed by atoms with Crippen molar-refractivity contribution >= 4 is 17.0 Å². The monoisotopic (exact) mass is 380 g/mol. The zero-order chi connectivity index (χ0) is 18.9. The van der Waals surface area contributed by atoms with Gasteiger partial charge in [0.05, 0.1) is 16.9 Å². The van der Waals surface area contributed by atoms with Crippen LogP contribution < -0.4 is 4.80 Å². The minimum atomic E-state index is -4.42. The summed E-state index contributed by atoms with van der Waals surface area (Å²) >= 11 is 1.28. The Balaban J connectivity index is 2.08. The number of rotatable bonds is 3. The van der Waals surface area contributed by atoms with Gasteiger partial charge >= 0.3 is 6.18 Å². The fraction of sp³-hybridized carbons (Fsp3) is 0.167. The molecule has 0 amide bonds. The molecule has 3 rings (SSSR count). The number of benzene rings is 2. The molecule has 26 heavy (non-hydrogen) atoms.